The van der Waals surface area contributed by atoms with Crippen LogP contribution in [0.2, 0.25) is 0 Å². The van der Waals surface area contributed by atoms with Gasteiger partial charge in [0.2, 0.25) is 0 Å². The van der Waals surface area contributed by atoms with Gasteiger partial charge in [-0.1, -0.05) is 48.5 Å². The molecule has 1 N–H and O–H groups in total. The SMILES string of the molecule is CC(=O)CCc1ccc(OCC(=O)N[C@@H](C)c2ccc3ccccc3c2)cc1. The van der Waals surface area contributed by atoms with Gasteiger partial charge < -0.3 is 14.8 Å². The molecule has 3 aromatic carbocycles. The number of rotatable bonds is 8. The molecule has 0 aliphatic heterocycles. The number of ketones is 1. The number of hydrogen-bond donors (Lipinski definition) is 1. The fraction of sp³-hybridized carbons (Fsp3) is 0.250. The Balaban J connectivity index is 1.51. The maximum atomic E-state index is 12.2. The minimum Gasteiger partial charge on any atom is -0.484 e. The van der Waals surface area contributed by atoms with Gasteiger partial charge in [-0.15, -0.1) is 0 Å². The minimum absolute atomic E-state index is 0.0370. The molecule has 1 atom stereocenters. The van der Waals surface area contributed by atoms with Crippen LogP contribution < -0.4 is 10.1 Å². The Morgan fingerprint density at radius 3 is 2.39 bits per heavy atom. The molecule has 0 aromatic heterocycles. The molecule has 0 heterocycles. The molecule has 0 bridgehead atoms. The lowest BCUT2D eigenvalue weighted by atomic mass is 10.0. The van der Waals surface area contributed by atoms with E-state index in [9.17, 15) is 9.59 Å². The summed E-state index contributed by atoms with van der Waals surface area (Å²) >= 11 is 0. The van der Waals surface area contributed by atoms with Crippen molar-refractivity contribution in [2.24, 2.45) is 0 Å². The van der Waals surface area contributed by atoms with Gasteiger partial charge in [0, 0.05) is 6.42 Å². The van der Waals surface area contributed by atoms with Crippen molar-refractivity contribution in [3.05, 3.63) is 77.9 Å². The van der Waals surface area contributed by atoms with Crippen LogP contribution in [0.5, 0.6) is 5.75 Å². The summed E-state index contributed by atoms with van der Waals surface area (Å²) in [5, 5.41) is 5.31. The van der Waals surface area contributed by atoms with Crippen LogP contribution >= 0.6 is 0 Å². The molecule has 3 aromatic rings. The van der Waals surface area contributed by atoms with Gasteiger partial charge in [0.15, 0.2) is 6.61 Å². The second-order valence-corrected chi connectivity index (χ2v) is 7.03. The number of amides is 1. The van der Waals surface area contributed by atoms with E-state index < -0.39 is 0 Å². The molecule has 144 valence electrons. The van der Waals surface area contributed by atoms with Crippen LogP contribution in [0.1, 0.15) is 37.4 Å². The van der Waals surface area contributed by atoms with E-state index in [-0.39, 0.29) is 24.3 Å². The predicted molar refractivity (Wildman–Crippen MR) is 111 cm³/mol. The molecule has 4 heteroatoms. The van der Waals surface area contributed by atoms with Gasteiger partial charge in [-0.3, -0.25) is 4.79 Å². The van der Waals surface area contributed by atoms with Gasteiger partial charge in [0.1, 0.15) is 11.5 Å². The minimum atomic E-state index is -0.165. The van der Waals surface area contributed by atoms with E-state index in [0.717, 1.165) is 22.9 Å². The maximum absolute atomic E-state index is 12.2. The molecule has 0 saturated carbocycles. The summed E-state index contributed by atoms with van der Waals surface area (Å²) in [4.78, 5) is 23.3. The second-order valence-electron chi connectivity index (χ2n) is 7.03. The molecule has 3 rings (SSSR count). The van der Waals surface area contributed by atoms with Crippen LogP contribution in [0.4, 0.5) is 0 Å². The first kappa shape index (κ1) is 19.6. The number of carbonyl (C=O) groups is 2. The van der Waals surface area contributed by atoms with Gasteiger partial charge in [0.05, 0.1) is 6.04 Å². The third-order valence-electron chi connectivity index (χ3n) is 4.71. The van der Waals surface area contributed by atoms with Crippen molar-refractivity contribution in [3.63, 3.8) is 0 Å². The lowest BCUT2D eigenvalue weighted by molar-refractivity contribution is -0.123. The molecule has 28 heavy (non-hydrogen) atoms. The van der Waals surface area contributed by atoms with Crippen LogP contribution in [-0.2, 0) is 16.0 Å². The summed E-state index contributed by atoms with van der Waals surface area (Å²) < 4.78 is 5.58. The number of nitrogens with one attached hydrogen (secondary N) is 1. The van der Waals surface area contributed by atoms with Crippen LogP contribution in [0, 0.1) is 0 Å². The van der Waals surface area contributed by atoms with E-state index in [1.165, 1.54) is 5.39 Å². The van der Waals surface area contributed by atoms with E-state index >= 15 is 0 Å². The normalized spacial score (nSPS) is 11.8. The molecule has 4 nitrogen and oxygen atoms in total. The zero-order valence-corrected chi connectivity index (χ0v) is 16.3. The molecular weight excluding hydrogens is 350 g/mol. The lowest BCUT2D eigenvalue weighted by Gasteiger charge is -2.15. The third-order valence-corrected chi connectivity index (χ3v) is 4.71. The number of benzene rings is 3. The zero-order valence-electron chi connectivity index (χ0n) is 16.3. The largest absolute Gasteiger partial charge is 0.484 e. The zero-order chi connectivity index (χ0) is 19.9. The Bertz CT molecular complexity index is 963. The lowest BCUT2D eigenvalue weighted by Crippen LogP contribution is -2.31. The fourth-order valence-corrected chi connectivity index (χ4v) is 3.07. The van der Waals surface area contributed by atoms with Gasteiger partial charge in [0.25, 0.3) is 5.91 Å². The topological polar surface area (TPSA) is 55.4 Å². The highest BCUT2D eigenvalue weighted by atomic mass is 16.5. The average Bonchev–Trinajstić information content (AvgIpc) is 2.71. The number of fused-ring (bicyclic) bond motifs is 1. The Morgan fingerprint density at radius 1 is 0.964 bits per heavy atom. The quantitative estimate of drug-likeness (QED) is 0.625. The highest BCUT2D eigenvalue weighted by Gasteiger charge is 2.11. The molecule has 0 aliphatic carbocycles. The van der Waals surface area contributed by atoms with Crippen LogP contribution in [-0.4, -0.2) is 18.3 Å². The van der Waals surface area contributed by atoms with Crippen molar-refractivity contribution in [3.8, 4) is 5.75 Å². The van der Waals surface area contributed by atoms with Gasteiger partial charge in [-0.2, -0.15) is 0 Å². The van der Waals surface area contributed by atoms with E-state index in [4.69, 9.17) is 4.74 Å². The highest BCUT2D eigenvalue weighted by Crippen LogP contribution is 2.20. The summed E-state index contributed by atoms with van der Waals surface area (Å²) in [5.41, 5.74) is 2.14. The number of hydrogen-bond acceptors (Lipinski definition) is 3. The maximum Gasteiger partial charge on any atom is 0.258 e. The van der Waals surface area contributed by atoms with Crippen LogP contribution in [0.15, 0.2) is 66.7 Å². The monoisotopic (exact) mass is 375 g/mol. The predicted octanol–water partition coefficient (Wildman–Crippen LogP) is 4.62. The summed E-state index contributed by atoms with van der Waals surface area (Å²) in [6, 6.07) is 21.8. The number of carbonyl (C=O) groups excluding carboxylic acids is 2. The van der Waals surface area contributed by atoms with Gasteiger partial charge in [-0.25, -0.2) is 0 Å². The van der Waals surface area contributed by atoms with Crippen LogP contribution in [0.3, 0.4) is 0 Å². The molecule has 1 amide bonds. The first-order chi connectivity index (χ1) is 13.5. The molecule has 0 aliphatic rings. The van der Waals surface area contributed by atoms with E-state index in [0.29, 0.717) is 12.2 Å². The van der Waals surface area contributed by atoms with Crippen molar-refractivity contribution in [2.45, 2.75) is 32.7 Å². The molecule has 0 saturated heterocycles. The molecule has 0 radical (unpaired) electrons. The van der Waals surface area contributed by atoms with E-state index in [1.54, 1.807) is 6.92 Å². The average molecular weight is 375 g/mol. The first-order valence-electron chi connectivity index (χ1n) is 9.50. The van der Waals surface area contributed by atoms with Crippen molar-refractivity contribution in [1.29, 1.82) is 0 Å². The Morgan fingerprint density at radius 2 is 1.68 bits per heavy atom. The first-order valence-corrected chi connectivity index (χ1v) is 9.50. The van der Waals surface area contributed by atoms with Crippen molar-refractivity contribution >= 4 is 22.5 Å². The standard InChI is InChI=1S/C24H25NO3/c1-17(26)7-8-19-9-13-23(14-10-19)28-16-24(27)25-18(2)21-12-11-20-5-3-4-6-22(20)15-21/h3-6,9-15,18H,7-8,16H2,1-2H3,(H,25,27)/t18-/m0/s1. The molecule has 0 spiro atoms. The highest BCUT2D eigenvalue weighted by molar-refractivity contribution is 5.83. The van der Waals surface area contributed by atoms with Crippen molar-refractivity contribution in [1.82, 2.24) is 5.32 Å². The summed E-state index contributed by atoms with van der Waals surface area (Å²) in [5.74, 6) is 0.652. The van der Waals surface area contributed by atoms with Gasteiger partial charge in [-0.05, 0) is 60.4 Å². The fourth-order valence-electron chi connectivity index (χ4n) is 3.07. The number of ether oxygens (including phenoxy) is 1. The Kier molecular flexibility index (Phi) is 6.43. The van der Waals surface area contributed by atoms with E-state index in [1.807, 2.05) is 49.4 Å². The van der Waals surface area contributed by atoms with E-state index in [2.05, 4.69) is 29.6 Å². The summed E-state index contributed by atoms with van der Waals surface area (Å²) in [6.45, 7) is 3.52. The van der Waals surface area contributed by atoms with Crippen molar-refractivity contribution < 1.29 is 14.3 Å². The molecule has 0 unspecified atom stereocenters. The number of Topliss-reactive ketones (excluding diaryl/α,β-unsaturated/α-hetero) is 1. The number of aryl methyl sites for hydroxylation is 1. The second kappa shape index (κ2) is 9.18. The van der Waals surface area contributed by atoms with Crippen molar-refractivity contribution in [2.75, 3.05) is 6.61 Å². The summed E-state index contributed by atoms with van der Waals surface area (Å²) in [7, 11) is 0. The Hall–Kier alpha value is -3.14. The van der Waals surface area contributed by atoms with Gasteiger partial charge >= 0.3 is 0 Å². The third kappa shape index (κ3) is 5.43. The Labute approximate surface area is 165 Å². The van der Waals surface area contributed by atoms with Crippen LogP contribution in [0.25, 0.3) is 10.8 Å². The smallest absolute Gasteiger partial charge is 0.258 e. The molecular formula is C24H25NO3. The molecule has 0 fully saturated rings. The summed E-state index contributed by atoms with van der Waals surface area (Å²) in [6.07, 6.45) is 1.26.